The highest BCUT2D eigenvalue weighted by atomic mass is 32.2. The van der Waals surface area contributed by atoms with Crippen molar-refractivity contribution in [2.24, 2.45) is 0 Å². The smallest absolute Gasteiger partial charge is 0.341 e. The van der Waals surface area contributed by atoms with E-state index in [1.807, 2.05) is 0 Å². The second-order valence-corrected chi connectivity index (χ2v) is 6.56. The van der Waals surface area contributed by atoms with Gasteiger partial charge in [0.2, 0.25) is 10.0 Å². The van der Waals surface area contributed by atoms with Gasteiger partial charge in [-0.05, 0) is 26.0 Å². The molecule has 0 aromatic heterocycles. The second-order valence-electron chi connectivity index (χ2n) is 4.83. The maximum atomic E-state index is 13.9. The summed E-state index contributed by atoms with van der Waals surface area (Å²) in [5, 5.41) is 8.72. The molecule has 1 rings (SSSR count). The van der Waals surface area contributed by atoms with Crippen LogP contribution in [0.3, 0.4) is 0 Å². The van der Waals surface area contributed by atoms with Crippen molar-refractivity contribution in [1.82, 2.24) is 4.72 Å². The van der Waals surface area contributed by atoms with Crippen molar-refractivity contribution in [2.75, 3.05) is 13.7 Å². The molecule has 0 bridgehead atoms. The average molecular weight is 323 g/mol. The SMILES string of the molecule is COC(C)(C)CNS(=O)(=O)c1ccc(F)c(C(=O)O)c1F. The molecule has 1 aromatic carbocycles. The number of carboxylic acids is 1. The summed E-state index contributed by atoms with van der Waals surface area (Å²) in [6, 6.07) is 1.25. The van der Waals surface area contributed by atoms with Crippen molar-refractivity contribution in [3.05, 3.63) is 29.3 Å². The summed E-state index contributed by atoms with van der Waals surface area (Å²) in [6.45, 7) is 3.02. The number of nitrogens with one attached hydrogen (secondary N) is 1. The Balaban J connectivity index is 3.22. The number of halogens is 2. The van der Waals surface area contributed by atoms with Crippen molar-refractivity contribution < 1.29 is 31.8 Å². The van der Waals surface area contributed by atoms with E-state index in [4.69, 9.17) is 9.84 Å². The highest BCUT2D eigenvalue weighted by Crippen LogP contribution is 2.21. The van der Waals surface area contributed by atoms with E-state index < -0.39 is 43.7 Å². The van der Waals surface area contributed by atoms with Crippen LogP contribution >= 0.6 is 0 Å². The maximum absolute atomic E-state index is 13.9. The van der Waals surface area contributed by atoms with E-state index in [-0.39, 0.29) is 6.54 Å². The topological polar surface area (TPSA) is 92.7 Å². The Hall–Kier alpha value is -1.58. The molecule has 1 aromatic rings. The van der Waals surface area contributed by atoms with Crippen molar-refractivity contribution >= 4 is 16.0 Å². The number of ether oxygens (including phenoxy) is 1. The molecule has 0 fully saturated rings. The summed E-state index contributed by atoms with van der Waals surface area (Å²) < 4.78 is 58.2. The van der Waals surface area contributed by atoms with Gasteiger partial charge in [-0.1, -0.05) is 0 Å². The third-order valence-corrected chi connectivity index (χ3v) is 4.22. The molecule has 118 valence electrons. The molecular weight excluding hydrogens is 308 g/mol. The molecule has 0 aliphatic rings. The average Bonchev–Trinajstić information content (AvgIpc) is 2.36. The fraction of sp³-hybridized carbons (Fsp3) is 0.417. The van der Waals surface area contributed by atoms with E-state index in [2.05, 4.69) is 4.72 Å². The molecule has 21 heavy (non-hydrogen) atoms. The van der Waals surface area contributed by atoms with Crippen LogP contribution in [0, 0.1) is 11.6 Å². The summed E-state index contributed by atoms with van der Waals surface area (Å²) in [5.74, 6) is -4.89. The van der Waals surface area contributed by atoms with Gasteiger partial charge in [0.1, 0.15) is 16.3 Å². The van der Waals surface area contributed by atoms with E-state index in [1.54, 1.807) is 13.8 Å². The molecule has 0 saturated carbocycles. The van der Waals surface area contributed by atoms with E-state index in [0.29, 0.717) is 12.1 Å². The van der Waals surface area contributed by atoms with Crippen LogP contribution in [0.5, 0.6) is 0 Å². The van der Waals surface area contributed by atoms with Crippen LogP contribution in [0.2, 0.25) is 0 Å². The molecule has 0 aliphatic heterocycles. The number of hydrogen-bond donors (Lipinski definition) is 2. The Labute approximate surface area is 120 Å². The van der Waals surface area contributed by atoms with Crippen LogP contribution in [0.25, 0.3) is 0 Å². The Morgan fingerprint density at radius 2 is 1.95 bits per heavy atom. The van der Waals surface area contributed by atoms with Crippen molar-refractivity contribution in [3.63, 3.8) is 0 Å². The zero-order chi connectivity index (χ0) is 16.4. The minimum atomic E-state index is -4.34. The minimum absolute atomic E-state index is 0.176. The Bertz CT molecular complexity index is 658. The third-order valence-electron chi connectivity index (χ3n) is 2.80. The maximum Gasteiger partial charge on any atom is 0.341 e. The largest absolute Gasteiger partial charge is 0.477 e. The first-order chi connectivity index (χ1) is 9.52. The first-order valence-electron chi connectivity index (χ1n) is 5.78. The number of rotatable bonds is 6. The van der Waals surface area contributed by atoms with Crippen LogP contribution in [0.4, 0.5) is 8.78 Å². The first kappa shape index (κ1) is 17.5. The Morgan fingerprint density at radius 1 is 1.38 bits per heavy atom. The van der Waals surface area contributed by atoms with Gasteiger partial charge in [0, 0.05) is 13.7 Å². The Morgan fingerprint density at radius 3 is 2.43 bits per heavy atom. The molecule has 0 saturated heterocycles. The van der Waals surface area contributed by atoms with Gasteiger partial charge in [-0.2, -0.15) is 0 Å². The number of benzene rings is 1. The molecule has 0 atom stereocenters. The Kier molecular flexibility index (Phi) is 5.03. The summed E-state index contributed by atoms with van der Waals surface area (Å²) in [7, 11) is -2.97. The molecule has 0 amide bonds. The predicted octanol–water partition coefficient (Wildman–Crippen LogP) is 1.37. The quantitative estimate of drug-likeness (QED) is 0.825. The van der Waals surface area contributed by atoms with Gasteiger partial charge in [0.15, 0.2) is 5.82 Å². The highest BCUT2D eigenvalue weighted by molar-refractivity contribution is 7.89. The molecule has 0 heterocycles. The number of hydrogen-bond acceptors (Lipinski definition) is 4. The standard InChI is InChI=1S/C12H15F2NO5S/c1-12(2,20-3)6-15-21(18,19)8-5-4-7(13)9(10(8)14)11(16)17/h4-5,15H,6H2,1-3H3,(H,16,17). The van der Waals surface area contributed by atoms with Crippen LogP contribution in [0.1, 0.15) is 24.2 Å². The van der Waals surface area contributed by atoms with Gasteiger partial charge < -0.3 is 9.84 Å². The van der Waals surface area contributed by atoms with Gasteiger partial charge in [-0.15, -0.1) is 0 Å². The molecule has 6 nitrogen and oxygen atoms in total. The van der Waals surface area contributed by atoms with E-state index in [0.717, 1.165) is 0 Å². The van der Waals surface area contributed by atoms with Crippen LogP contribution < -0.4 is 4.72 Å². The number of aromatic carboxylic acids is 1. The van der Waals surface area contributed by atoms with Crippen molar-refractivity contribution in [2.45, 2.75) is 24.3 Å². The summed E-state index contributed by atoms with van der Waals surface area (Å²) >= 11 is 0. The minimum Gasteiger partial charge on any atom is -0.477 e. The fourth-order valence-corrected chi connectivity index (χ4v) is 2.63. The molecule has 0 radical (unpaired) electrons. The van der Waals surface area contributed by atoms with E-state index in [9.17, 15) is 22.0 Å². The van der Waals surface area contributed by atoms with E-state index in [1.165, 1.54) is 7.11 Å². The lowest BCUT2D eigenvalue weighted by atomic mass is 10.1. The summed E-state index contributed by atoms with van der Waals surface area (Å²) in [6.07, 6.45) is 0. The van der Waals surface area contributed by atoms with E-state index >= 15 is 0 Å². The van der Waals surface area contributed by atoms with Crippen LogP contribution in [-0.2, 0) is 14.8 Å². The molecule has 0 spiro atoms. The molecule has 0 unspecified atom stereocenters. The summed E-state index contributed by atoms with van der Waals surface area (Å²) in [4.78, 5) is 9.83. The monoisotopic (exact) mass is 323 g/mol. The molecule has 9 heteroatoms. The number of sulfonamides is 1. The van der Waals surface area contributed by atoms with Gasteiger partial charge >= 0.3 is 5.97 Å². The molecule has 2 N–H and O–H groups in total. The van der Waals surface area contributed by atoms with Gasteiger partial charge in [0.05, 0.1) is 5.60 Å². The van der Waals surface area contributed by atoms with Gasteiger partial charge in [0.25, 0.3) is 0 Å². The second kappa shape index (κ2) is 6.04. The third kappa shape index (κ3) is 3.96. The number of carbonyl (C=O) groups is 1. The lowest BCUT2D eigenvalue weighted by molar-refractivity contribution is 0.0276. The first-order valence-corrected chi connectivity index (χ1v) is 7.26. The normalized spacial score (nSPS) is 12.4. The zero-order valence-corrected chi connectivity index (χ0v) is 12.4. The van der Waals surface area contributed by atoms with Crippen LogP contribution in [0.15, 0.2) is 17.0 Å². The number of methoxy groups -OCH3 is 1. The van der Waals surface area contributed by atoms with Gasteiger partial charge in [-0.3, -0.25) is 0 Å². The lowest BCUT2D eigenvalue weighted by Gasteiger charge is -2.23. The molecular formula is C12H15F2NO5S. The summed E-state index contributed by atoms with van der Waals surface area (Å²) in [5.41, 5.74) is -2.16. The zero-order valence-electron chi connectivity index (χ0n) is 11.6. The fourth-order valence-electron chi connectivity index (χ4n) is 1.36. The molecule has 0 aliphatic carbocycles. The lowest BCUT2D eigenvalue weighted by Crippen LogP contribution is -2.40. The number of carboxylic acid groups (broad SMARTS) is 1. The van der Waals surface area contributed by atoms with Gasteiger partial charge in [-0.25, -0.2) is 26.7 Å². The van der Waals surface area contributed by atoms with Crippen LogP contribution in [-0.4, -0.2) is 38.7 Å². The highest BCUT2D eigenvalue weighted by Gasteiger charge is 2.28. The van der Waals surface area contributed by atoms with Crippen molar-refractivity contribution in [3.8, 4) is 0 Å². The van der Waals surface area contributed by atoms with Crippen molar-refractivity contribution in [1.29, 1.82) is 0 Å². The predicted molar refractivity (Wildman–Crippen MR) is 69.6 cm³/mol.